The zero-order valence-electron chi connectivity index (χ0n) is 22.5. The van der Waals surface area contributed by atoms with Crippen molar-refractivity contribution in [1.29, 1.82) is 0 Å². The molecule has 1 unspecified atom stereocenters. The quantitative estimate of drug-likeness (QED) is 0.583. The molecule has 7 nitrogen and oxygen atoms in total. The molecule has 2 fully saturated rings. The minimum atomic E-state index is -4.49. The Morgan fingerprint density at radius 3 is 2.48 bits per heavy atom. The molecule has 3 heterocycles. The number of halogens is 3. The van der Waals surface area contributed by atoms with E-state index in [4.69, 9.17) is 9.47 Å². The first-order valence-corrected chi connectivity index (χ1v) is 13.6. The van der Waals surface area contributed by atoms with Crippen molar-refractivity contribution in [1.82, 2.24) is 14.8 Å². The number of aliphatic hydroxyl groups excluding tert-OH is 1. The Morgan fingerprint density at radius 1 is 1.12 bits per heavy atom. The molecule has 2 aliphatic carbocycles. The Balaban J connectivity index is 1.53. The largest absolute Gasteiger partial charge is 0.495 e. The van der Waals surface area contributed by atoms with Gasteiger partial charge in [0.1, 0.15) is 11.5 Å². The van der Waals surface area contributed by atoms with E-state index in [1.165, 1.54) is 25.6 Å². The fourth-order valence-corrected chi connectivity index (χ4v) is 7.40. The molecular formula is C30H34F3N3O4. The van der Waals surface area contributed by atoms with Crippen molar-refractivity contribution in [2.75, 3.05) is 46.9 Å². The number of pyridine rings is 1. The van der Waals surface area contributed by atoms with Crippen LogP contribution in [0.3, 0.4) is 0 Å². The van der Waals surface area contributed by atoms with Crippen LogP contribution in [0.4, 0.5) is 13.2 Å². The number of methoxy groups -OCH3 is 1. The minimum Gasteiger partial charge on any atom is -0.495 e. The number of fused-ring (bicyclic) bond motifs is 3. The highest BCUT2D eigenvalue weighted by molar-refractivity contribution is 5.58. The highest BCUT2D eigenvalue weighted by Gasteiger charge is 2.77. The molecule has 1 aromatic heterocycles. The number of ether oxygens (including phenoxy) is 2. The number of aliphatic hydroxyl groups is 2. The number of nitrogens with zero attached hydrogens (tertiary/aromatic N) is 3. The number of likely N-dealkylation sites (N-methyl/N-ethyl adjacent to an activating group) is 1. The molecule has 40 heavy (non-hydrogen) atoms. The third kappa shape index (κ3) is 3.99. The summed E-state index contributed by atoms with van der Waals surface area (Å²) in [6, 6.07) is 9.55. The van der Waals surface area contributed by atoms with Crippen LogP contribution < -0.4 is 9.47 Å². The van der Waals surface area contributed by atoms with Crippen LogP contribution in [-0.2, 0) is 5.60 Å². The van der Waals surface area contributed by atoms with Crippen LogP contribution in [0.1, 0.15) is 23.5 Å². The topological polar surface area (TPSA) is 78.3 Å². The van der Waals surface area contributed by atoms with Crippen molar-refractivity contribution in [3.8, 4) is 11.5 Å². The molecule has 6 atom stereocenters. The van der Waals surface area contributed by atoms with Crippen LogP contribution in [0.2, 0.25) is 0 Å². The standard InChI is InChI=1S/C30H34F3N3O4/c1-35-12-14-36(15-13-35)18-22-25(19-6-4-3-5-7-19)29(20-8-10-21(11-9-20)30(31,32)33)28(38,27(22)37)26-23(39-2)16-34-17-24(26)40-29/h3-8,10-11,16-17,20,22,25,27,37-38H,9,12-15,18H2,1-2H3/t20?,22-,25-,27-,28+,29+/m1/s1. The maximum atomic E-state index is 13.6. The maximum Gasteiger partial charge on any atom is 0.416 e. The van der Waals surface area contributed by atoms with E-state index in [1.807, 2.05) is 30.3 Å². The van der Waals surface area contributed by atoms with E-state index in [1.54, 1.807) is 0 Å². The molecule has 4 aliphatic rings. The number of allylic oxidation sites excluding steroid dienone is 3. The first-order chi connectivity index (χ1) is 19.1. The predicted octanol–water partition coefficient (Wildman–Crippen LogP) is 3.50. The first-order valence-electron chi connectivity index (χ1n) is 13.6. The lowest BCUT2D eigenvalue weighted by atomic mass is 9.65. The van der Waals surface area contributed by atoms with Gasteiger partial charge in [0.25, 0.3) is 0 Å². The number of piperazine rings is 1. The number of rotatable bonds is 5. The van der Waals surface area contributed by atoms with Gasteiger partial charge in [-0.3, -0.25) is 4.98 Å². The van der Waals surface area contributed by atoms with E-state index < -0.39 is 46.8 Å². The lowest BCUT2D eigenvalue weighted by Crippen LogP contribution is -2.58. The molecule has 214 valence electrons. The predicted molar refractivity (Wildman–Crippen MR) is 142 cm³/mol. The highest BCUT2D eigenvalue weighted by atomic mass is 19.4. The molecule has 0 amide bonds. The van der Waals surface area contributed by atoms with Crippen molar-refractivity contribution < 1.29 is 32.9 Å². The number of alkyl halides is 3. The van der Waals surface area contributed by atoms with Crippen molar-refractivity contribution >= 4 is 0 Å². The maximum absolute atomic E-state index is 13.6. The molecule has 1 aromatic carbocycles. The number of aromatic nitrogens is 1. The molecule has 1 saturated carbocycles. The Hall–Kier alpha value is -2.92. The normalized spacial score (nSPS) is 34.2. The van der Waals surface area contributed by atoms with Crippen molar-refractivity contribution in [3.63, 3.8) is 0 Å². The van der Waals surface area contributed by atoms with Gasteiger partial charge in [-0.2, -0.15) is 13.2 Å². The van der Waals surface area contributed by atoms with Crippen molar-refractivity contribution in [3.05, 3.63) is 77.7 Å². The smallest absolute Gasteiger partial charge is 0.416 e. The third-order valence-electron chi connectivity index (χ3n) is 9.28. The molecule has 0 spiro atoms. The number of hydrogen-bond donors (Lipinski definition) is 2. The summed E-state index contributed by atoms with van der Waals surface area (Å²) in [5.74, 6) is -1.19. The summed E-state index contributed by atoms with van der Waals surface area (Å²) in [5, 5.41) is 25.1. The lowest BCUT2D eigenvalue weighted by Gasteiger charge is -2.45. The van der Waals surface area contributed by atoms with Crippen molar-refractivity contribution in [2.24, 2.45) is 11.8 Å². The number of hydrogen-bond acceptors (Lipinski definition) is 7. The SMILES string of the molecule is COc1cncc2c1[C@]1(O)[C@H](O)[C@H](CN3CCN(C)CC3)[C@@H](c3ccccc3)[C@]1(C1C=CC(C(F)(F)F)=CC1)O2. The van der Waals surface area contributed by atoms with Gasteiger partial charge in [0.2, 0.25) is 0 Å². The second-order valence-corrected chi connectivity index (χ2v) is 11.3. The van der Waals surface area contributed by atoms with E-state index in [9.17, 15) is 23.4 Å². The first kappa shape index (κ1) is 27.3. The molecule has 2 aliphatic heterocycles. The molecule has 0 radical (unpaired) electrons. The van der Waals surface area contributed by atoms with Gasteiger partial charge in [0, 0.05) is 50.5 Å². The monoisotopic (exact) mass is 557 g/mol. The molecule has 6 rings (SSSR count). The van der Waals surface area contributed by atoms with Crippen LogP contribution in [0.5, 0.6) is 11.5 Å². The summed E-state index contributed by atoms with van der Waals surface area (Å²) in [5.41, 5.74) is -3.10. The van der Waals surface area contributed by atoms with E-state index in [-0.39, 0.29) is 17.9 Å². The number of benzene rings is 1. The zero-order valence-corrected chi connectivity index (χ0v) is 22.5. The van der Waals surface area contributed by atoms with E-state index >= 15 is 0 Å². The molecular weight excluding hydrogens is 523 g/mol. The van der Waals surface area contributed by atoms with Gasteiger partial charge in [-0.1, -0.05) is 48.6 Å². The Bertz CT molecular complexity index is 1310. The van der Waals surface area contributed by atoms with Gasteiger partial charge in [-0.05, 0) is 19.0 Å². The van der Waals surface area contributed by atoms with Gasteiger partial charge >= 0.3 is 6.18 Å². The van der Waals surface area contributed by atoms with Crippen LogP contribution in [0, 0.1) is 11.8 Å². The Labute approximate surface area is 231 Å². The summed E-state index contributed by atoms with van der Waals surface area (Å²) in [7, 11) is 3.52. The molecule has 2 N–H and O–H groups in total. The highest BCUT2D eigenvalue weighted by Crippen LogP contribution is 2.69. The van der Waals surface area contributed by atoms with E-state index in [2.05, 4.69) is 21.8 Å². The van der Waals surface area contributed by atoms with Gasteiger partial charge in [0.15, 0.2) is 11.2 Å². The summed E-state index contributed by atoms with van der Waals surface area (Å²) < 4.78 is 53.1. The molecule has 10 heteroatoms. The zero-order chi connectivity index (χ0) is 28.3. The van der Waals surface area contributed by atoms with Crippen LogP contribution >= 0.6 is 0 Å². The summed E-state index contributed by atoms with van der Waals surface area (Å²) in [6.45, 7) is 3.86. The fourth-order valence-electron chi connectivity index (χ4n) is 7.40. The summed E-state index contributed by atoms with van der Waals surface area (Å²) in [6.07, 6.45) is 0.847. The van der Waals surface area contributed by atoms with Crippen LogP contribution in [0.25, 0.3) is 0 Å². The van der Waals surface area contributed by atoms with Crippen LogP contribution in [0.15, 0.2) is 66.5 Å². The third-order valence-corrected chi connectivity index (χ3v) is 9.28. The van der Waals surface area contributed by atoms with Crippen molar-refractivity contribution in [2.45, 2.75) is 35.8 Å². The van der Waals surface area contributed by atoms with E-state index in [0.717, 1.165) is 43.9 Å². The van der Waals surface area contributed by atoms with Crippen LogP contribution in [-0.4, -0.2) is 89.8 Å². The average Bonchev–Trinajstić information content (AvgIpc) is 3.33. The van der Waals surface area contributed by atoms with Gasteiger partial charge in [-0.25, -0.2) is 0 Å². The average molecular weight is 558 g/mol. The summed E-state index contributed by atoms with van der Waals surface area (Å²) >= 11 is 0. The van der Waals surface area contributed by atoms with Gasteiger partial charge < -0.3 is 29.5 Å². The fraction of sp³-hybridized carbons (Fsp3) is 0.500. The minimum absolute atomic E-state index is 0.0192. The second-order valence-electron chi connectivity index (χ2n) is 11.3. The second kappa shape index (κ2) is 9.87. The lowest BCUT2D eigenvalue weighted by molar-refractivity contribution is -0.163. The summed E-state index contributed by atoms with van der Waals surface area (Å²) in [4.78, 5) is 8.74. The molecule has 2 aromatic rings. The molecule has 0 bridgehead atoms. The van der Waals surface area contributed by atoms with Gasteiger partial charge in [-0.15, -0.1) is 0 Å². The Kier molecular flexibility index (Phi) is 6.72. The Morgan fingerprint density at radius 2 is 1.85 bits per heavy atom. The van der Waals surface area contributed by atoms with Gasteiger partial charge in [0.05, 0.1) is 36.7 Å². The van der Waals surface area contributed by atoms with E-state index in [0.29, 0.717) is 12.1 Å². The molecule has 1 saturated heterocycles.